The van der Waals surface area contributed by atoms with Gasteiger partial charge >= 0.3 is 6.18 Å². The Morgan fingerprint density at radius 3 is 2.11 bits per heavy atom. The number of halogens is 3. The van der Waals surface area contributed by atoms with Gasteiger partial charge in [0, 0.05) is 5.56 Å². The average molecular weight is 255 g/mol. The molecule has 0 saturated carbocycles. The number of nitrogens with one attached hydrogen (secondary N) is 1. The van der Waals surface area contributed by atoms with Crippen LogP contribution in [0, 0.1) is 12.3 Å². The second-order valence-corrected chi connectivity index (χ2v) is 4.30. The number of rotatable bonds is 2. The van der Waals surface area contributed by atoms with Gasteiger partial charge in [-0.1, -0.05) is 5.92 Å². The monoisotopic (exact) mass is 255 g/mol. The van der Waals surface area contributed by atoms with Gasteiger partial charge in [-0.2, -0.15) is 13.2 Å². The van der Waals surface area contributed by atoms with E-state index >= 15 is 0 Å². The first-order valence-corrected chi connectivity index (χ1v) is 5.13. The van der Waals surface area contributed by atoms with E-state index < -0.39 is 23.2 Å². The Hall–Kier alpha value is -1.96. The van der Waals surface area contributed by atoms with Crippen molar-refractivity contribution in [2.45, 2.75) is 25.6 Å². The lowest BCUT2D eigenvalue weighted by molar-refractivity contribution is -0.137. The van der Waals surface area contributed by atoms with Gasteiger partial charge in [-0.3, -0.25) is 4.79 Å². The Morgan fingerprint density at radius 1 is 1.22 bits per heavy atom. The van der Waals surface area contributed by atoms with E-state index in [1.165, 1.54) is 0 Å². The van der Waals surface area contributed by atoms with Crippen LogP contribution in [0.1, 0.15) is 29.8 Å². The number of terminal acetylenes is 1. The molecule has 0 aliphatic carbocycles. The molecule has 1 N–H and O–H groups in total. The topological polar surface area (TPSA) is 29.1 Å². The van der Waals surface area contributed by atoms with Crippen LogP contribution in [0.25, 0.3) is 0 Å². The molecule has 1 rings (SSSR count). The normalized spacial score (nSPS) is 11.8. The number of hydrogen-bond acceptors (Lipinski definition) is 1. The highest BCUT2D eigenvalue weighted by atomic mass is 19.4. The molecule has 1 aromatic rings. The minimum absolute atomic E-state index is 0.131. The molecule has 0 bridgehead atoms. The van der Waals surface area contributed by atoms with Gasteiger partial charge in [0.2, 0.25) is 0 Å². The van der Waals surface area contributed by atoms with Crippen LogP contribution in [0.15, 0.2) is 24.3 Å². The zero-order valence-electron chi connectivity index (χ0n) is 9.93. The van der Waals surface area contributed by atoms with E-state index in [0.717, 1.165) is 24.3 Å². The maximum absolute atomic E-state index is 12.3. The lowest BCUT2D eigenvalue weighted by atomic mass is 10.1. The largest absolute Gasteiger partial charge is 0.416 e. The van der Waals surface area contributed by atoms with Crippen LogP contribution in [-0.2, 0) is 6.18 Å². The predicted octanol–water partition coefficient (Wildman–Crippen LogP) is 2.85. The van der Waals surface area contributed by atoms with Crippen molar-refractivity contribution in [2.24, 2.45) is 0 Å². The van der Waals surface area contributed by atoms with Crippen molar-refractivity contribution in [3.8, 4) is 12.3 Å². The van der Waals surface area contributed by atoms with E-state index in [0.29, 0.717) is 0 Å². The highest BCUT2D eigenvalue weighted by Gasteiger charge is 2.30. The van der Waals surface area contributed by atoms with Crippen LogP contribution >= 0.6 is 0 Å². The summed E-state index contributed by atoms with van der Waals surface area (Å²) in [5.74, 6) is 1.86. The lowest BCUT2D eigenvalue weighted by Gasteiger charge is -2.19. The summed E-state index contributed by atoms with van der Waals surface area (Å²) in [7, 11) is 0. The van der Waals surface area contributed by atoms with Crippen molar-refractivity contribution < 1.29 is 18.0 Å². The van der Waals surface area contributed by atoms with Crippen molar-refractivity contribution in [1.29, 1.82) is 0 Å². The SMILES string of the molecule is C#CC(C)(C)NC(=O)c1ccc(C(F)(F)F)cc1. The van der Waals surface area contributed by atoms with Crippen LogP contribution in [-0.4, -0.2) is 11.4 Å². The molecule has 2 nitrogen and oxygen atoms in total. The predicted molar refractivity (Wildman–Crippen MR) is 61.8 cm³/mol. The fourth-order valence-electron chi connectivity index (χ4n) is 1.20. The fraction of sp³-hybridized carbons (Fsp3) is 0.308. The van der Waals surface area contributed by atoms with E-state index in [2.05, 4.69) is 11.2 Å². The first-order valence-electron chi connectivity index (χ1n) is 5.13. The van der Waals surface area contributed by atoms with Crippen molar-refractivity contribution in [3.63, 3.8) is 0 Å². The molecule has 5 heteroatoms. The first kappa shape index (κ1) is 14.1. The molecule has 0 spiro atoms. The Kier molecular flexibility index (Phi) is 3.70. The van der Waals surface area contributed by atoms with Crippen molar-refractivity contribution >= 4 is 5.91 Å². The van der Waals surface area contributed by atoms with Gasteiger partial charge in [-0.15, -0.1) is 6.42 Å². The minimum Gasteiger partial charge on any atom is -0.336 e. The number of carbonyl (C=O) groups excluding carboxylic acids is 1. The summed E-state index contributed by atoms with van der Waals surface area (Å²) in [5.41, 5.74) is -1.51. The molecule has 0 unspecified atom stereocenters. The summed E-state index contributed by atoms with van der Waals surface area (Å²) >= 11 is 0. The first-order chi connectivity index (χ1) is 8.15. The Bertz CT molecular complexity index is 480. The second-order valence-electron chi connectivity index (χ2n) is 4.30. The molecule has 0 aliphatic rings. The van der Waals surface area contributed by atoms with Crippen LogP contribution in [0.5, 0.6) is 0 Å². The number of alkyl halides is 3. The van der Waals surface area contributed by atoms with Gasteiger partial charge in [0.05, 0.1) is 11.1 Å². The van der Waals surface area contributed by atoms with Crippen molar-refractivity contribution in [2.75, 3.05) is 0 Å². The maximum Gasteiger partial charge on any atom is 0.416 e. The van der Waals surface area contributed by atoms with Crippen LogP contribution in [0.4, 0.5) is 13.2 Å². The molecule has 18 heavy (non-hydrogen) atoms. The van der Waals surface area contributed by atoms with E-state index in [1.807, 2.05) is 0 Å². The molecule has 1 amide bonds. The third kappa shape index (κ3) is 3.52. The third-order valence-electron chi connectivity index (χ3n) is 2.26. The molecule has 0 aromatic heterocycles. The van der Waals surface area contributed by atoms with Crippen molar-refractivity contribution in [1.82, 2.24) is 5.32 Å². The molecule has 0 heterocycles. The van der Waals surface area contributed by atoms with E-state index in [-0.39, 0.29) is 5.56 Å². The lowest BCUT2D eigenvalue weighted by Crippen LogP contribution is -2.42. The molecular formula is C13H12F3NO. The smallest absolute Gasteiger partial charge is 0.336 e. The quantitative estimate of drug-likeness (QED) is 0.809. The molecule has 96 valence electrons. The summed E-state index contributed by atoms with van der Waals surface area (Å²) in [5, 5.41) is 2.52. The highest BCUT2D eigenvalue weighted by Crippen LogP contribution is 2.29. The molecular weight excluding hydrogens is 243 g/mol. The zero-order chi connectivity index (χ0) is 14.0. The number of hydrogen-bond donors (Lipinski definition) is 1. The van der Waals surface area contributed by atoms with Gasteiger partial charge < -0.3 is 5.32 Å². The molecule has 0 radical (unpaired) electrons. The highest BCUT2D eigenvalue weighted by molar-refractivity contribution is 5.94. The molecule has 0 saturated heterocycles. The molecule has 0 aliphatic heterocycles. The summed E-state index contributed by atoms with van der Waals surface area (Å²) in [6.45, 7) is 3.24. The van der Waals surface area contributed by atoms with Crippen LogP contribution in [0.2, 0.25) is 0 Å². The van der Waals surface area contributed by atoms with Crippen LogP contribution < -0.4 is 5.32 Å². The zero-order valence-corrected chi connectivity index (χ0v) is 9.93. The van der Waals surface area contributed by atoms with E-state index in [1.54, 1.807) is 13.8 Å². The average Bonchev–Trinajstić information content (AvgIpc) is 2.27. The third-order valence-corrected chi connectivity index (χ3v) is 2.26. The van der Waals surface area contributed by atoms with Gasteiger partial charge in [0.15, 0.2) is 0 Å². The van der Waals surface area contributed by atoms with Gasteiger partial charge in [0.1, 0.15) is 0 Å². The fourth-order valence-corrected chi connectivity index (χ4v) is 1.20. The summed E-state index contributed by atoms with van der Waals surface area (Å²) in [6.07, 6.45) is 0.791. The van der Waals surface area contributed by atoms with Gasteiger partial charge in [0.25, 0.3) is 5.91 Å². The summed E-state index contributed by atoms with van der Waals surface area (Å²) in [4.78, 5) is 11.7. The summed E-state index contributed by atoms with van der Waals surface area (Å²) in [6, 6.07) is 3.95. The molecule has 0 fully saturated rings. The van der Waals surface area contributed by atoms with Gasteiger partial charge in [-0.05, 0) is 38.1 Å². The van der Waals surface area contributed by atoms with Crippen LogP contribution in [0.3, 0.4) is 0 Å². The Balaban J connectivity index is 2.87. The second kappa shape index (κ2) is 4.73. The van der Waals surface area contributed by atoms with Gasteiger partial charge in [-0.25, -0.2) is 0 Å². The Morgan fingerprint density at radius 2 is 1.72 bits per heavy atom. The molecule has 1 aromatic carbocycles. The number of benzene rings is 1. The van der Waals surface area contributed by atoms with E-state index in [4.69, 9.17) is 6.42 Å². The van der Waals surface area contributed by atoms with Crippen molar-refractivity contribution in [3.05, 3.63) is 35.4 Å². The molecule has 0 atom stereocenters. The van der Waals surface area contributed by atoms with E-state index in [9.17, 15) is 18.0 Å². The number of amides is 1. The minimum atomic E-state index is -4.41. The standard InChI is InChI=1S/C13H12F3NO/c1-4-12(2,3)17-11(18)9-5-7-10(8-6-9)13(14,15)16/h1,5-8H,2-3H3,(H,17,18). The summed E-state index contributed by atoms with van der Waals surface area (Å²) < 4.78 is 37.0. The number of carbonyl (C=O) groups is 1. The maximum atomic E-state index is 12.3. The Labute approximate surface area is 103 Å².